The van der Waals surface area contributed by atoms with Gasteiger partial charge in [-0.2, -0.15) is 0 Å². The van der Waals surface area contributed by atoms with Gasteiger partial charge in [-0.05, 0) is 18.6 Å². The minimum atomic E-state index is 0.175. The van der Waals surface area contributed by atoms with Gasteiger partial charge in [0.05, 0.1) is 7.11 Å². The van der Waals surface area contributed by atoms with Crippen LogP contribution in [0.25, 0.3) is 0 Å². The molecule has 24 heavy (non-hydrogen) atoms. The summed E-state index contributed by atoms with van der Waals surface area (Å²) in [5.74, 6) is 1.05. The number of benzene rings is 2. The van der Waals surface area contributed by atoms with E-state index >= 15 is 0 Å². The van der Waals surface area contributed by atoms with Crippen molar-refractivity contribution in [3.05, 3.63) is 65.7 Å². The van der Waals surface area contributed by atoms with Crippen LogP contribution < -0.4 is 10.1 Å². The Labute approximate surface area is 144 Å². The summed E-state index contributed by atoms with van der Waals surface area (Å²) in [6.07, 6.45) is 0.496. The molecule has 2 rings (SSSR count). The van der Waals surface area contributed by atoms with Crippen molar-refractivity contribution >= 4 is 5.91 Å². The van der Waals surface area contributed by atoms with Crippen LogP contribution in [0.15, 0.2) is 54.6 Å². The lowest BCUT2D eigenvalue weighted by Crippen LogP contribution is -2.32. The van der Waals surface area contributed by atoms with E-state index in [2.05, 4.69) is 17.4 Å². The molecule has 2 aromatic carbocycles. The maximum absolute atomic E-state index is 12.4. The fourth-order valence-corrected chi connectivity index (χ4v) is 2.61. The van der Waals surface area contributed by atoms with Crippen LogP contribution in [0.1, 0.15) is 24.5 Å². The number of methoxy groups -OCH3 is 1. The lowest BCUT2D eigenvalue weighted by atomic mass is 10.2. The Hall–Kier alpha value is -2.33. The fraction of sp³-hybridized carbons (Fsp3) is 0.350. The van der Waals surface area contributed by atoms with Gasteiger partial charge < -0.3 is 15.0 Å². The van der Waals surface area contributed by atoms with Gasteiger partial charge in [0.1, 0.15) is 5.75 Å². The summed E-state index contributed by atoms with van der Waals surface area (Å²) in [7, 11) is 1.67. The van der Waals surface area contributed by atoms with E-state index in [0.717, 1.165) is 23.4 Å². The first-order valence-electron chi connectivity index (χ1n) is 8.39. The molecule has 0 aliphatic carbocycles. The second-order valence-electron chi connectivity index (χ2n) is 5.63. The topological polar surface area (TPSA) is 41.6 Å². The molecule has 0 spiro atoms. The molecular weight excluding hydrogens is 300 g/mol. The highest BCUT2D eigenvalue weighted by Gasteiger charge is 2.11. The SMILES string of the molecule is CCN(Cc1ccccc1)C(=O)CCNCc1ccccc1OC. The van der Waals surface area contributed by atoms with Crippen molar-refractivity contribution in [3.8, 4) is 5.75 Å². The average Bonchev–Trinajstić information content (AvgIpc) is 2.64. The highest BCUT2D eigenvalue weighted by atomic mass is 16.5. The normalized spacial score (nSPS) is 10.4. The molecule has 0 bridgehead atoms. The molecule has 0 unspecified atom stereocenters. The summed E-state index contributed by atoms with van der Waals surface area (Å²) >= 11 is 0. The lowest BCUT2D eigenvalue weighted by Gasteiger charge is -2.21. The Balaban J connectivity index is 1.77. The molecule has 1 N–H and O–H groups in total. The third-order valence-corrected chi connectivity index (χ3v) is 3.97. The van der Waals surface area contributed by atoms with E-state index < -0.39 is 0 Å². The molecule has 0 fully saturated rings. The van der Waals surface area contributed by atoms with Crippen molar-refractivity contribution in [1.29, 1.82) is 0 Å². The van der Waals surface area contributed by atoms with E-state index in [1.165, 1.54) is 0 Å². The number of para-hydroxylation sites is 1. The number of amides is 1. The first kappa shape index (κ1) is 18.0. The molecule has 0 aliphatic heterocycles. The smallest absolute Gasteiger partial charge is 0.224 e. The first-order valence-corrected chi connectivity index (χ1v) is 8.39. The van der Waals surface area contributed by atoms with Gasteiger partial charge in [0.15, 0.2) is 0 Å². The molecule has 2 aromatic rings. The summed E-state index contributed by atoms with van der Waals surface area (Å²) in [4.78, 5) is 14.3. The number of carbonyl (C=O) groups is 1. The molecule has 0 saturated heterocycles. The zero-order valence-corrected chi connectivity index (χ0v) is 14.5. The van der Waals surface area contributed by atoms with Crippen molar-refractivity contribution in [3.63, 3.8) is 0 Å². The van der Waals surface area contributed by atoms with Crippen LogP contribution in [0.3, 0.4) is 0 Å². The van der Waals surface area contributed by atoms with Gasteiger partial charge in [0, 0.05) is 38.2 Å². The Morgan fingerprint density at radius 2 is 1.79 bits per heavy atom. The van der Waals surface area contributed by atoms with Crippen LogP contribution in [0, 0.1) is 0 Å². The molecular formula is C20H26N2O2. The predicted molar refractivity (Wildman–Crippen MR) is 96.9 cm³/mol. The minimum Gasteiger partial charge on any atom is -0.496 e. The highest BCUT2D eigenvalue weighted by Crippen LogP contribution is 2.16. The van der Waals surface area contributed by atoms with E-state index in [4.69, 9.17) is 4.74 Å². The molecule has 0 aromatic heterocycles. The maximum atomic E-state index is 12.4. The molecule has 1 amide bonds. The summed E-state index contributed by atoms with van der Waals surface area (Å²) in [6, 6.07) is 18.0. The van der Waals surface area contributed by atoms with Gasteiger partial charge in [0.25, 0.3) is 0 Å². The maximum Gasteiger partial charge on any atom is 0.224 e. The number of nitrogens with zero attached hydrogens (tertiary/aromatic N) is 1. The molecule has 0 heterocycles. The van der Waals surface area contributed by atoms with Crippen LogP contribution in [0.5, 0.6) is 5.75 Å². The third kappa shape index (κ3) is 5.39. The van der Waals surface area contributed by atoms with E-state index in [-0.39, 0.29) is 5.91 Å². The number of hydrogen-bond donors (Lipinski definition) is 1. The zero-order valence-electron chi connectivity index (χ0n) is 14.5. The third-order valence-electron chi connectivity index (χ3n) is 3.97. The molecule has 128 valence electrons. The van der Waals surface area contributed by atoms with Gasteiger partial charge in [0.2, 0.25) is 5.91 Å². The summed E-state index contributed by atoms with van der Waals surface area (Å²) in [6.45, 7) is 4.76. The summed E-state index contributed by atoms with van der Waals surface area (Å²) in [5.41, 5.74) is 2.26. The fourth-order valence-electron chi connectivity index (χ4n) is 2.61. The van der Waals surface area contributed by atoms with E-state index in [0.29, 0.717) is 26.1 Å². The van der Waals surface area contributed by atoms with Gasteiger partial charge in [-0.15, -0.1) is 0 Å². The molecule has 0 radical (unpaired) electrons. The average molecular weight is 326 g/mol. The van der Waals surface area contributed by atoms with E-state index in [1.807, 2.05) is 54.3 Å². The monoisotopic (exact) mass is 326 g/mol. The molecule has 4 heteroatoms. The van der Waals surface area contributed by atoms with Crippen LogP contribution in [0.2, 0.25) is 0 Å². The quantitative estimate of drug-likeness (QED) is 0.719. The van der Waals surface area contributed by atoms with Crippen molar-refractivity contribution in [2.45, 2.75) is 26.4 Å². The Morgan fingerprint density at radius 1 is 1.08 bits per heavy atom. The Morgan fingerprint density at radius 3 is 2.50 bits per heavy atom. The summed E-state index contributed by atoms with van der Waals surface area (Å²) < 4.78 is 5.33. The number of nitrogens with one attached hydrogen (secondary N) is 1. The zero-order chi connectivity index (χ0) is 17.2. The van der Waals surface area contributed by atoms with Gasteiger partial charge in [-0.3, -0.25) is 4.79 Å². The Kier molecular flexibility index (Phi) is 7.30. The van der Waals surface area contributed by atoms with Crippen molar-refractivity contribution in [2.75, 3.05) is 20.2 Å². The molecule has 0 atom stereocenters. The lowest BCUT2D eigenvalue weighted by molar-refractivity contribution is -0.131. The van der Waals surface area contributed by atoms with Crippen LogP contribution in [-0.4, -0.2) is 31.0 Å². The predicted octanol–water partition coefficient (Wildman–Crippen LogP) is 3.22. The standard InChI is InChI=1S/C20H26N2O2/c1-3-22(16-17-9-5-4-6-10-17)20(23)13-14-21-15-18-11-7-8-12-19(18)24-2/h4-12,21H,3,13-16H2,1-2H3. The minimum absolute atomic E-state index is 0.175. The number of ether oxygens (including phenoxy) is 1. The number of hydrogen-bond acceptors (Lipinski definition) is 3. The van der Waals surface area contributed by atoms with Gasteiger partial charge in [-0.1, -0.05) is 48.5 Å². The van der Waals surface area contributed by atoms with Gasteiger partial charge >= 0.3 is 0 Å². The van der Waals surface area contributed by atoms with Crippen LogP contribution in [-0.2, 0) is 17.9 Å². The van der Waals surface area contributed by atoms with Gasteiger partial charge in [-0.25, -0.2) is 0 Å². The molecule has 4 nitrogen and oxygen atoms in total. The second kappa shape index (κ2) is 9.73. The van der Waals surface area contributed by atoms with Crippen molar-refractivity contribution in [1.82, 2.24) is 10.2 Å². The largest absolute Gasteiger partial charge is 0.496 e. The second-order valence-corrected chi connectivity index (χ2v) is 5.63. The highest BCUT2D eigenvalue weighted by molar-refractivity contribution is 5.76. The van der Waals surface area contributed by atoms with Crippen molar-refractivity contribution in [2.24, 2.45) is 0 Å². The van der Waals surface area contributed by atoms with E-state index in [1.54, 1.807) is 7.11 Å². The van der Waals surface area contributed by atoms with Crippen LogP contribution in [0.4, 0.5) is 0 Å². The molecule has 0 saturated carbocycles. The summed E-state index contributed by atoms with van der Waals surface area (Å²) in [5, 5.41) is 3.32. The Bertz CT molecular complexity index is 629. The number of carbonyl (C=O) groups excluding carboxylic acids is 1. The van der Waals surface area contributed by atoms with Crippen molar-refractivity contribution < 1.29 is 9.53 Å². The molecule has 0 aliphatic rings. The van der Waals surface area contributed by atoms with Crippen LogP contribution >= 0.6 is 0 Å². The number of rotatable bonds is 9. The van der Waals surface area contributed by atoms with E-state index in [9.17, 15) is 4.79 Å². The first-order chi connectivity index (χ1) is 11.7.